The monoisotopic (exact) mass is 316 g/mol. The van der Waals surface area contributed by atoms with Crippen LogP contribution in [0.5, 0.6) is 0 Å². The van der Waals surface area contributed by atoms with E-state index in [1.165, 1.54) is 22.6 Å². The van der Waals surface area contributed by atoms with Crippen molar-refractivity contribution in [2.24, 2.45) is 5.73 Å². The Morgan fingerprint density at radius 1 is 1.57 bits per heavy atom. The number of pyridine rings is 1. The van der Waals surface area contributed by atoms with Crippen molar-refractivity contribution in [2.75, 3.05) is 0 Å². The molecule has 0 radical (unpaired) electrons. The van der Waals surface area contributed by atoms with Crippen LogP contribution in [0.2, 0.25) is 0 Å². The van der Waals surface area contributed by atoms with E-state index in [1.54, 1.807) is 0 Å². The zero-order valence-electron chi connectivity index (χ0n) is 6.60. The minimum absolute atomic E-state index is 0.00722. The van der Waals surface area contributed by atoms with Crippen molar-refractivity contribution >= 4 is 28.5 Å². The van der Waals surface area contributed by atoms with E-state index in [-0.39, 0.29) is 3.57 Å². The van der Waals surface area contributed by atoms with Crippen LogP contribution in [-0.4, -0.2) is 10.9 Å². The predicted molar refractivity (Wildman–Crippen MR) is 50.4 cm³/mol. The zero-order chi connectivity index (χ0) is 10.9. The lowest BCUT2D eigenvalue weighted by molar-refractivity contribution is 0.0993. The summed E-state index contributed by atoms with van der Waals surface area (Å²) in [7, 11) is 0. The van der Waals surface area contributed by atoms with E-state index in [4.69, 9.17) is 5.73 Å². The molecule has 2 N–H and O–H groups in total. The molecular formula is C7H4F3IN2O. The molecule has 0 fully saturated rings. The molecule has 0 saturated carbocycles. The van der Waals surface area contributed by atoms with Crippen LogP contribution in [0.15, 0.2) is 6.07 Å². The fraction of sp³-hybridized carbons (Fsp3) is 0.143. The highest BCUT2D eigenvalue weighted by atomic mass is 127. The fourth-order valence-electron chi connectivity index (χ4n) is 0.805. The molecule has 14 heavy (non-hydrogen) atoms. The van der Waals surface area contributed by atoms with Crippen LogP contribution in [0.1, 0.15) is 22.5 Å². The molecule has 0 aromatic carbocycles. The average molecular weight is 316 g/mol. The minimum Gasteiger partial charge on any atom is -0.365 e. The number of alkyl halides is 2. The first-order valence-corrected chi connectivity index (χ1v) is 4.45. The van der Waals surface area contributed by atoms with E-state index in [2.05, 4.69) is 4.98 Å². The molecule has 1 heterocycles. The summed E-state index contributed by atoms with van der Waals surface area (Å²) in [5, 5.41) is 0. The van der Waals surface area contributed by atoms with Crippen LogP contribution in [0.3, 0.4) is 0 Å². The highest BCUT2D eigenvalue weighted by Crippen LogP contribution is 2.23. The summed E-state index contributed by atoms with van der Waals surface area (Å²) < 4.78 is 37.3. The smallest absolute Gasteiger partial charge is 0.281 e. The number of halogens is 4. The van der Waals surface area contributed by atoms with Gasteiger partial charge in [0.15, 0.2) is 0 Å². The molecule has 3 nitrogen and oxygen atoms in total. The molecular weight excluding hydrogens is 312 g/mol. The first-order valence-electron chi connectivity index (χ1n) is 3.37. The van der Waals surface area contributed by atoms with E-state index in [9.17, 15) is 18.0 Å². The molecule has 0 unspecified atom stereocenters. The number of carbonyl (C=O) groups excluding carboxylic acids is 1. The van der Waals surface area contributed by atoms with E-state index in [0.29, 0.717) is 0 Å². The van der Waals surface area contributed by atoms with Gasteiger partial charge in [0.1, 0.15) is 5.69 Å². The predicted octanol–water partition coefficient (Wildman–Crippen LogP) is 1.86. The van der Waals surface area contributed by atoms with Gasteiger partial charge in [0.2, 0.25) is 5.95 Å². The highest BCUT2D eigenvalue weighted by molar-refractivity contribution is 14.1. The number of primary amides is 1. The molecule has 0 atom stereocenters. The normalized spacial score (nSPS) is 10.6. The quantitative estimate of drug-likeness (QED) is 0.669. The second kappa shape index (κ2) is 4.11. The van der Waals surface area contributed by atoms with Gasteiger partial charge in [-0.2, -0.15) is 4.39 Å². The molecule has 1 rings (SSSR count). The van der Waals surface area contributed by atoms with Crippen molar-refractivity contribution in [3.8, 4) is 0 Å². The molecule has 0 bridgehead atoms. The second-order valence-corrected chi connectivity index (χ2v) is 3.52. The van der Waals surface area contributed by atoms with Crippen molar-refractivity contribution in [2.45, 2.75) is 6.43 Å². The largest absolute Gasteiger partial charge is 0.365 e. The lowest BCUT2D eigenvalue weighted by Gasteiger charge is -2.04. The standard InChI is InChI=1S/C7H4F3IN2O/c8-5(9)4-3(11)1-2(7(12)14)6(10)13-4/h1,5H,(H2,12,14). The van der Waals surface area contributed by atoms with Gasteiger partial charge in [0, 0.05) is 3.57 Å². The van der Waals surface area contributed by atoms with Crippen LogP contribution in [0, 0.1) is 9.52 Å². The van der Waals surface area contributed by atoms with Gasteiger partial charge in [-0.3, -0.25) is 4.79 Å². The molecule has 0 aliphatic heterocycles. The van der Waals surface area contributed by atoms with Crippen molar-refractivity contribution < 1.29 is 18.0 Å². The molecule has 76 valence electrons. The van der Waals surface area contributed by atoms with Gasteiger partial charge >= 0.3 is 0 Å². The molecule has 0 spiro atoms. The Hall–Kier alpha value is -0.860. The van der Waals surface area contributed by atoms with Crippen LogP contribution in [0.4, 0.5) is 13.2 Å². The number of aromatic nitrogens is 1. The minimum atomic E-state index is -2.88. The number of hydrogen-bond acceptors (Lipinski definition) is 2. The molecule has 0 aliphatic carbocycles. The van der Waals surface area contributed by atoms with Gasteiger partial charge in [-0.25, -0.2) is 13.8 Å². The summed E-state index contributed by atoms with van der Waals surface area (Å²) in [4.78, 5) is 13.6. The van der Waals surface area contributed by atoms with E-state index >= 15 is 0 Å². The maximum absolute atomic E-state index is 12.9. The van der Waals surface area contributed by atoms with Gasteiger partial charge in [0.25, 0.3) is 12.3 Å². The number of amides is 1. The maximum Gasteiger partial charge on any atom is 0.281 e. The van der Waals surface area contributed by atoms with E-state index in [1.807, 2.05) is 0 Å². The Labute approximate surface area is 90.6 Å². The highest BCUT2D eigenvalue weighted by Gasteiger charge is 2.19. The zero-order valence-corrected chi connectivity index (χ0v) is 8.76. The topological polar surface area (TPSA) is 56.0 Å². The Balaban J connectivity index is 3.31. The van der Waals surface area contributed by atoms with Gasteiger partial charge in [0.05, 0.1) is 5.56 Å². The van der Waals surface area contributed by atoms with Gasteiger partial charge in [-0.15, -0.1) is 0 Å². The van der Waals surface area contributed by atoms with Crippen molar-refractivity contribution in [3.05, 3.63) is 26.8 Å². The third-order valence-electron chi connectivity index (χ3n) is 1.43. The van der Waals surface area contributed by atoms with Crippen LogP contribution in [0.25, 0.3) is 0 Å². The summed E-state index contributed by atoms with van der Waals surface area (Å²) in [6, 6.07) is 0.951. The Kier molecular flexibility index (Phi) is 3.29. The first-order chi connectivity index (χ1) is 6.43. The van der Waals surface area contributed by atoms with Gasteiger partial charge in [-0.1, -0.05) is 0 Å². The van der Waals surface area contributed by atoms with Crippen LogP contribution >= 0.6 is 22.6 Å². The Morgan fingerprint density at radius 3 is 2.57 bits per heavy atom. The summed E-state index contributed by atoms with van der Waals surface area (Å²) >= 11 is 1.53. The molecule has 7 heteroatoms. The summed E-state index contributed by atoms with van der Waals surface area (Å²) in [6.07, 6.45) is -2.88. The van der Waals surface area contributed by atoms with Gasteiger partial charge in [-0.05, 0) is 28.7 Å². The number of hydrogen-bond donors (Lipinski definition) is 1. The van der Waals surface area contributed by atoms with Crippen LogP contribution < -0.4 is 5.73 Å². The SMILES string of the molecule is NC(=O)c1cc(I)c(C(F)F)nc1F. The average Bonchev–Trinajstić information content (AvgIpc) is 2.07. The number of nitrogens with zero attached hydrogens (tertiary/aromatic N) is 1. The Morgan fingerprint density at radius 2 is 2.14 bits per heavy atom. The van der Waals surface area contributed by atoms with Crippen molar-refractivity contribution in [1.29, 1.82) is 0 Å². The number of carbonyl (C=O) groups is 1. The summed E-state index contributed by atoms with van der Waals surface area (Å²) in [6.45, 7) is 0. The van der Waals surface area contributed by atoms with E-state index in [0.717, 1.165) is 6.07 Å². The fourth-order valence-corrected chi connectivity index (χ4v) is 1.47. The number of nitrogens with two attached hydrogens (primary N) is 1. The molecule has 0 saturated heterocycles. The molecule has 0 aliphatic rings. The van der Waals surface area contributed by atoms with Crippen molar-refractivity contribution in [1.82, 2.24) is 4.98 Å². The Bertz CT molecular complexity index is 383. The third-order valence-corrected chi connectivity index (χ3v) is 2.29. The second-order valence-electron chi connectivity index (χ2n) is 2.36. The van der Waals surface area contributed by atoms with E-state index < -0.39 is 29.5 Å². The van der Waals surface area contributed by atoms with Gasteiger partial charge < -0.3 is 5.73 Å². The maximum atomic E-state index is 12.9. The molecule has 1 aromatic rings. The molecule has 1 amide bonds. The third kappa shape index (κ3) is 2.14. The lowest BCUT2D eigenvalue weighted by atomic mass is 10.2. The number of rotatable bonds is 2. The van der Waals surface area contributed by atoms with Crippen LogP contribution in [-0.2, 0) is 0 Å². The summed E-state index contributed by atoms with van der Waals surface area (Å²) in [5.74, 6) is -2.30. The lowest BCUT2D eigenvalue weighted by Crippen LogP contribution is -2.15. The summed E-state index contributed by atoms with van der Waals surface area (Å²) in [5.41, 5.74) is 3.63. The molecule has 1 aromatic heterocycles. The van der Waals surface area contributed by atoms with Crippen molar-refractivity contribution in [3.63, 3.8) is 0 Å². The first kappa shape index (κ1) is 11.2.